The second-order valence-electron chi connectivity index (χ2n) is 4.87. The van der Waals surface area contributed by atoms with E-state index in [1.165, 1.54) is 55.5 Å². The first-order valence-electron chi connectivity index (χ1n) is 7.17. The lowest BCUT2D eigenvalue weighted by Gasteiger charge is -2.07. The van der Waals surface area contributed by atoms with Crippen molar-refractivity contribution in [3.05, 3.63) is 48.5 Å². The first-order valence-corrected chi connectivity index (χ1v) is 8.65. The SMILES string of the molecule is CCC(=O)Oc1ccc(S(=O)(=O)c2ccc(OC(C)=O)cc2)cc1. The van der Waals surface area contributed by atoms with Crippen molar-refractivity contribution in [3.63, 3.8) is 0 Å². The molecule has 0 aliphatic carbocycles. The molecule has 0 bridgehead atoms. The Balaban J connectivity index is 2.23. The lowest BCUT2D eigenvalue weighted by atomic mass is 10.3. The van der Waals surface area contributed by atoms with Gasteiger partial charge in [-0.3, -0.25) is 9.59 Å². The highest BCUT2D eigenvalue weighted by Gasteiger charge is 2.18. The number of carbonyl (C=O) groups excluding carboxylic acids is 2. The average Bonchev–Trinajstić information content (AvgIpc) is 2.55. The summed E-state index contributed by atoms with van der Waals surface area (Å²) in [5, 5.41) is 0. The van der Waals surface area contributed by atoms with Crippen molar-refractivity contribution in [1.82, 2.24) is 0 Å². The van der Waals surface area contributed by atoms with Gasteiger partial charge in [0, 0.05) is 13.3 Å². The zero-order valence-corrected chi connectivity index (χ0v) is 14.0. The Morgan fingerprint density at radius 2 is 1.25 bits per heavy atom. The Morgan fingerprint density at radius 3 is 1.62 bits per heavy atom. The second-order valence-corrected chi connectivity index (χ2v) is 6.82. The highest BCUT2D eigenvalue weighted by molar-refractivity contribution is 7.91. The minimum atomic E-state index is -3.72. The molecule has 0 N–H and O–H groups in total. The van der Waals surface area contributed by atoms with Crippen LogP contribution in [0.15, 0.2) is 58.3 Å². The van der Waals surface area contributed by atoms with Gasteiger partial charge in [-0.1, -0.05) is 6.92 Å². The van der Waals surface area contributed by atoms with Crippen molar-refractivity contribution < 1.29 is 27.5 Å². The van der Waals surface area contributed by atoms with Gasteiger partial charge in [-0.15, -0.1) is 0 Å². The van der Waals surface area contributed by atoms with E-state index in [0.717, 1.165) is 0 Å². The van der Waals surface area contributed by atoms with Crippen LogP contribution < -0.4 is 9.47 Å². The number of esters is 2. The topological polar surface area (TPSA) is 86.7 Å². The summed E-state index contributed by atoms with van der Waals surface area (Å²) < 4.78 is 35.0. The quantitative estimate of drug-likeness (QED) is 0.610. The summed E-state index contributed by atoms with van der Waals surface area (Å²) in [6.07, 6.45) is 0.231. The summed E-state index contributed by atoms with van der Waals surface area (Å²) in [5.41, 5.74) is 0. The predicted octanol–water partition coefficient (Wildman–Crippen LogP) is 2.76. The Hall–Kier alpha value is -2.67. The van der Waals surface area contributed by atoms with Crippen molar-refractivity contribution >= 4 is 21.8 Å². The van der Waals surface area contributed by atoms with Gasteiger partial charge in [-0.2, -0.15) is 0 Å². The molecule has 0 saturated heterocycles. The summed E-state index contributed by atoms with van der Waals surface area (Å²) in [4.78, 5) is 22.2. The van der Waals surface area contributed by atoms with Gasteiger partial charge in [0.1, 0.15) is 11.5 Å². The van der Waals surface area contributed by atoms with Gasteiger partial charge in [-0.05, 0) is 48.5 Å². The fraction of sp³-hybridized carbons (Fsp3) is 0.176. The molecule has 0 spiro atoms. The number of rotatable bonds is 5. The maximum absolute atomic E-state index is 12.5. The minimum absolute atomic E-state index is 0.0664. The van der Waals surface area contributed by atoms with Crippen LogP contribution in [0, 0.1) is 0 Å². The van der Waals surface area contributed by atoms with Gasteiger partial charge < -0.3 is 9.47 Å². The highest BCUT2D eigenvalue weighted by Crippen LogP contribution is 2.25. The van der Waals surface area contributed by atoms with Crippen molar-refractivity contribution in [1.29, 1.82) is 0 Å². The molecule has 2 aromatic rings. The van der Waals surface area contributed by atoms with E-state index in [-0.39, 0.29) is 27.7 Å². The van der Waals surface area contributed by atoms with Crippen LogP contribution in [0.5, 0.6) is 11.5 Å². The number of benzene rings is 2. The molecule has 126 valence electrons. The van der Waals surface area contributed by atoms with Crippen LogP contribution in [0.2, 0.25) is 0 Å². The van der Waals surface area contributed by atoms with E-state index in [1.54, 1.807) is 6.92 Å². The number of hydrogen-bond donors (Lipinski definition) is 0. The van der Waals surface area contributed by atoms with E-state index < -0.39 is 21.8 Å². The molecule has 2 aromatic carbocycles. The average molecular weight is 348 g/mol. The van der Waals surface area contributed by atoms with E-state index in [4.69, 9.17) is 9.47 Å². The molecular formula is C17H16O6S. The van der Waals surface area contributed by atoms with Crippen LogP contribution in [0.3, 0.4) is 0 Å². The monoisotopic (exact) mass is 348 g/mol. The molecule has 0 heterocycles. The zero-order chi connectivity index (χ0) is 17.7. The lowest BCUT2D eigenvalue weighted by Crippen LogP contribution is -2.06. The van der Waals surface area contributed by atoms with E-state index in [0.29, 0.717) is 0 Å². The molecule has 24 heavy (non-hydrogen) atoms. The first-order chi connectivity index (χ1) is 11.3. The van der Waals surface area contributed by atoms with Crippen molar-refractivity contribution in [3.8, 4) is 11.5 Å². The summed E-state index contributed by atoms with van der Waals surface area (Å²) in [6.45, 7) is 2.93. The van der Waals surface area contributed by atoms with Crippen LogP contribution in [-0.2, 0) is 19.4 Å². The Morgan fingerprint density at radius 1 is 0.833 bits per heavy atom. The predicted molar refractivity (Wildman–Crippen MR) is 85.6 cm³/mol. The largest absolute Gasteiger partial charge is 0.427 e. The maximum atomic E-state index is 12.5. The van der Waals surface area contributed by atoms with Crippen LogP contribution in [0.4, 0.5) is 0 Å². The zero-order valence-electron chi connectivity index (χ0n) is 13.2. The van der Waals surface area contributed by atoms with Gasteiger partial charge in [-0.25, -0.2) is 8.42 Å². The normalized spacial score (nSPS) is 10.9. The molecule has 0 radical (unpaired) electrons. The third kappa shape index (κ3) is 4.20. The molecule has 6 nitrogen and oxygen atoms in total. The summed E-state index contributed by atoms with van der Waals surface area (Å²) in [5.74, 6) is -0.330. The molecule has 0 aliphatic heterocycles. The highest BCUT2D eigenvalue weighted by atomic mass is 32.2. The molecule has 7 heteroatoms. The molecule has 0 aromatic heterocycles. The van der Waals surface area contributed by atoms with Crippen LogP contribution in [0.25, 0.3) is 0 Å². The van der Waals surface area contributed by atoms with E-state index in [2.05, 4.69) is 0 Å². The molecule has 0 amide bonds. The summed E-state index contributed by atoms with van der Waals surface area (Å²) >= 11 is 0. The van der Waals surface area contributed by atoms with Crippen LogP contribution in [0.1, 0.15) is 20.3 Å². The van der Waals surface area contributed by atoms with Crippen molar-refractivity contribution in [2.45, 2.75) is 30.1 Å². The number of sulfone groups is 1. The molecule has 0 unspecified atom stereocenters. The van der Waals surface area contributed by atoms with Gasteiger partial charge in [0.2, 0.25) is 9.84 Å². The van der Waals surface area contributed by atoms with Crippen molar-refractivity contribution in [2.75, 3.05) is 0 Å². The van der Waals surface area contributed by atoms with Gasteiger partial charge >= 0.3 is 11.9 Å². The molecule has 0 fully saturated rings. The minimum Gasteiger partial charge on any atom is -0.427 e. The smallest absolute Gasteiger partial charge is 0.310 e. The standard InChI is InChI=1S/C17H16O6S/c1-3-17(19)23-14-6-10-16(11-7-14)24(20,21)15-8-4-13(5-9-15)22-12(2)18/h4-11H,3H2,1-2H3. The lowest BCUT2D eigenvalue weighted by molar-refractivity contribution is -0.134. The van der Waals surface area contributed by atoms with Gasteiger partial charge in [0.25, 0.3) is 0 Å². The van der Waals surface area contributed by atoms with Crippen molar-refractivity contribution in [2.24, 2.45) is 0 Å². The van der Waals surface area contributed by atoms with E-state index in [9.17, 15) is 18.0 Å². The van der Waals surface area contributed by atoms with Gasteiger partial charge in [0.15, 0.2) is 0 Å². The van der Waals surface area contributed by atoms with Gasteiger partial charge in [0.05, 0.1) is 9.79 Å². The third-order valence-electron chi connectivity index (χ3n) is 3.05. The third-order valence-corrected chi connectivity index (χ3v) is 4.84. The van der Waals surface area contributed by atoms with E-state index >= 15 is 0 Å². The fourth-order valence-electron chi connectivity index (χ4n) is 1.88. The summed E-state index contributed by atoms with van der Waals surface area (Å²) in [6, 6.07) is 11.1. The summed E-state index contributed by atoms with van der Waals surface area (Å²) in [7, 11) is -3.72. The van der Waals surface area contributed by atoms with Crippen LogP contribution >= 0.6 is 0 Å². The fourth-order valence-corrected chi connectivity index (χ4v) is 3.14. The Kier molecular flexibility index (Phi) is 5.35. The van der Waals surface area contributed by atoms with Crippen LogP contribution in [-0.4, -0.2) is 20.4 Å². The Labute approximate surface area is 139 Å². The second kappa shape index (κ2) is 7.27. The molecule has 0 saturated carbocycles. The molecular weight excluding hydrogens is 332 g/mol. The number of carbonyl (C=O) groups is 2. The maximum Gasteiger partial charge on any atom is 0.310 e. The Bertz CT molecular complexity index is 836. The number of hydrogen-bond acceptors (Lipinski definition) is 6. The first kappa shape index (κ1) is 17.7. The molecule has 0 aliphatic rings. The molecule has 2 rings (SSSR count). The number of ether oxygens (including phenoxy) is 2. The molecule has 0 atom stereocenters. The van der Waals surface area contributed by atoms with E-state index in [1.807, 2.05) is 0 Å².